The Hall–Kier alpha value is -1.24. The van der Waals surface area contributed by atoms with Crippen LogP contribution in [-0.4, -0.2) is 27.5 Å². The van der Waals surface area contributed by atoms with Gasteiger partial charge in [-0.3, -0.25) is 4.90 Å². The fourth-order valence-corrected chi connectivity index (χ4v) is 4.61. The molecule has 1 aromatic heterocycles. The first-order valence-corrected chi connectivity index (χ1v) is 9.50. The van der Waals surface area contributed by atoms with E-state index in [1.165, 1.54) is 31.0 Å². The summed E-state index contributed by atoms with van der Waals surface area (Å²) in [5.74, 6) is -0.914. The monoisotopic (exact) mass is 399 g/mol. The van der Waals surface area contributed by atoms with Gasteiger partial charge in [0.1, 0.15) is 11.6 Å². The first-order chi connectivity index (χ1) is 12.1. The molecule has 7 heteroatoms. The maximum absolute atomic E-state index is 14.0. The van der Waals surface area contributed by atoms with Crippen LogP contribution in [0.3, 0.4) is 0 Å². The Morgan fingerprint density at radius 1 is 1.15 bits per heavy atom. The zero-order valence-electron chi connectivity index (χ0n) is 14.6. The normalized spacial score (nSPS) is 20.5. The molecule has 0 spiro atoms. The minimum Gasteiger partial charge on any atom is -0.337 e. The Labute approximate surface area is 163 Å². The summed E-state index contributed by atoms with van der Waals surface area (Å²) in [6.07, 6.45) is 7.90. The Kier molecular flexibility index (Phi) is 6.15. The van der Waals surface area contributed by atoms with Crippen LogP contribution in [-0.2, 0) is 19.4 Å². The van der Waals surface area contributed by atoms with Gasteiger partial charge in [0.15, 0.2) is 4.77 Å². The highest BCUT2D eigenvalue weighted by Crippen LogP contribution is 2.32. The number of benzene rings is 1. The molecule has 2 heterocycles. The third kappa shape index (κ3) is 3.87. The molecule has 0 radical (unpaired) electrons. The van der Waals surface area contributed by atoms with Gasteiger partial charge in [0.05, 0.1) is 5.69 Å². The largest absolute Gasteiger partial charge is 0.337 e. The van der Waals surface area contributed by atoms with Gasteiger partial charge in [-0.25, -0.2) is 8.78 Å². The predicted molar refractivity (Wildman–Crippen MR) is 103 cm³/mol. The van der Waals surface area contributed by atoms with Crippen LogP contribution in [0.2, 0.25) is 0 Å². The number of aromatic nitrogens is 2. The summed E-state index contributed by atoms with van der Waals surface area (Å²) in [7, 11) is 0. The highest BCUT2D eigenvalue weighted by molar-refractivity contribution is 7.71. The second-order valence-electron chi connectivity index (χ2n) is 7.21. The first-order valence-electron chi connectivity index (χ1n) is 9.10. The van der Waals surface area contributed by atoms with Crippen molar-refractivity contribution in [1.29, 1.82) is 0 Å². The van der Waals surface area contributed by atoms with Gasteiger partial charge in [0, 0.05) is 24.8 Å². The number of imidazole rings is 1. The number of halogens is 3. The molecular weight excluding hydrogens is 376 g/mol. The highest BCUT2D eigenvalue weighted by atomic mass is 35.5. The lowest BCUT2D eigenvalue weighted by Crippen LogP contribution is -2.31. The number of nitrogens with zero attached hydrogens (tertiary/aromatic N) is 2. The molecule has 1 fully saturated rings. The summed E-state index contributed by atoms with van der Waals surface area (Å²) < 4.78 is 30.5. The molecule has 142 valence electrons. The summed E-state index contributed by atoms with van der Waals surface area (Å²) in [5.41, 5.74) is 2.62. The molecular formula is C19H24ClF2N3S. The highest BCUT2D eigenvalue weighted by Gasteiger charge is 2.26. The molecule has 0 bridgehead atoms. The van der Waals surface area contributed by atoms with Crippen molar-refractivity contribution in [3.8, 4) is 0 Å². The van der Waals surface area contributed by atoms with Crippen LogP contribution in [0.1, 0.15) is 48.5 Å². The SMILES string of the molecule is Cl.Fc1cc(F)c2c(c1)C[C@@H](n1c(CN3CCCCC3)c[nH]c1=S)CC2. The number of fused-ring (bicyclic) bond motifs is 1. The molecule has 26 heavy (non-hydrogen) atoms. The van der Waals surface area contributed by atoms with Crippen LogP contribution < -0.4 is 0 Å². The van der Waals surface area contributed by atoms with E-state index in [4.69, 9.17) is 12.2 Å². The Morgan fingerprint density at radius 2 is 1.92 bits per heavy atom. The van der Waals surface area contributed by atoms with Crippen molar-refractivity contribution in [1.82, 2.24) is 14.5 Å². The number of aromatic amines is 1. The minimum atomic E-state index is -0.497. The van der Waals surface area contributed by atoms with Crippen LogP contribution in [0.25, 0.3) is 0 Å². The van der Waals surface area contributed by atoms with Crippen molar-refractivity contribution in [3.05, 3.63) is 51.6 Å². The predicted octanol–water partition coefficient (Wildman–Crippen LogP) is 4.96. The lowest BCUT2D eigenvalue weighted by atomic mass is 9.87. The van der Waals surface area contributed by atoms with E-state index in [1.807, 2.05) is 6.20 Å². The maximum Gasteiger partial charge on any atom is 0.177 e. The number of piperidine rings is 1. The van der Waals surface area contributed by atoms with Crippen molar-refractivity contribution in [2.75, 3.05) is 13.1 Å². The molecule has 1 saturated heterocycles. The van der Waals surface area contributed by atoms with Crippen LogP contribution in [0.15, 0.2) is 18.3 Å². The molecule has 3 nitrogen and oxygen atoms in total. The Morgan fingerprint density at radius 3 is 2.69 bits per heavy atom. The summed E-state index contributed by atoms with van der Waals surface area (Å²) in [6, 6.07) is 2.63. The van der Waals surface area contributed by atoms with Gasteiger partial charge >= 0.3 is 0 Å². The van der Waals surface area contributed by atoms with Crippen molar-refractivity contribution in [3.63, 3.8) is 0 Å². The average molecular weight is 400 g/mol. The van der Waals surface area contributed by atoms with E-state index in [2.05, 4.69) is 14.5 Å². The summed E-state index contributed by atoms with van der Waals surface area (Å²) in [6.45, 7) is 3.14. The van der Waals surface area contributed by atoms with Crippen molar-refractivity contribution in [2.24, 2.45) is 0 Å². The van der Waals surface area contributed by atoms with Crippen LogP contribution in [0.5, 0.6) is 0 Å². The lowest BCUT2D eigenvalue weighted by molar-refractivity contribution is 0.213. The number of H-pyrrole nitrogens is 1. The van der Waals surface area contributed by atoms with Crippen molar-refractivity contribution >= 4 is 24.6 Å². The Bertz CT molecular complexity index is 827. The summed E-state index contributed by atoms with van der Waals surface area (Å²) >= 11 is 5.51. The van der Waals surface area contributed by atoms with Crippen LogP contribution >= 0.6 is 24.6 Å². The van der Waals surface area contributed by atoms with E-state index < -0.39 is 11.6 Å². The summed E-state index contributed by atoms with van der Waals surface area (Å²) in [4.78, 5) is 5.64. The molecule has 1 aliphatic carbocycles. The zero-order chi connectivity index (χ0) is 17.4. The standard InChI is InChI=1S/C19H23F2N3S.ClH/c20-14-8-13-9-15(4-5-17(13)18(21)10-14)24-16(11-22-19(24)25)12-23-6-2-1-3-7-23;/h8,10-11,15H,1-7,9,12H2,(H,22,25);1H/t15-;/m0./s1. The van der Waals surface area contributed by atoms with Gasteiger partial charge in [0.25, 0.3) is 0 Å². The van der Waals surface area contributed by atoms with Crippen molar-refractivity contribution < 1.29 is 8.78 Å². The zero-order valence-corrected chi connectivity index (χ0v) is 16.3. The topological polar surface area (TPSA) is 24.0 Å². The van der Waals surface area contributed by atoms with E-state index in [0.29, 0.717) is 23.2 Å². The van der Waals surface area contributed by atoms with Crippen LogP contribution in [0.4, 0.5) is 8.78 Å². The fourth-order valence-electron chi connectivity index (χ4n) is 4.29. The molecule has 1 aromatic carbocycles. The van der Waals surface area contributed by atoms with Crippen LogP contribution in [0, 0.1) is 16.4 Å². The molecule has 1 atom stereocenters. The fraction of sp³-hybridized carbons (Fsp3) is 0.526. The molecule has 4 rings (SSSR count). The third-order valence-corrected chi connectivity index (χ3v) is 5.84. The van der Waals surface area contributed by atoms with Gasteiger partial charge in [-0.1, -0.05) is 6.42 Å². The number of hydrogen-bond donors (Lipinski definition) is 1. The minimum absolute atomic E-state index is 0. The number of nitrogens with one attached hydrogen (secondary N) is 1. The summed E-state index contributed by atoms with van der Waals surface area (Å²) in [5, 5.41) is 0. The maximum atomic E-state index is 14.0. The number of likely N-dealkylation sites (tertiary alicyclic amines) is 1. The number of rotatable bonds is 3. The average Bonchev–Trinajstić information content (AvgIpc) is 2.95. The van der Waals surface area contributed by atoms with Gasteiger partial charge in [-0.05, 0) is 74.6 Å². The van der Waals surface area contributed by atoms with Crippen molar-refractivity contribution in [2.45, 2.75) is 51.1 Å². The molecule has 1 N–H and O–H groups in total. The molecule has 2 aliphatic rings. The second kappa shape index (κ2) is 8.19. The Balaban J connectivity index is 0.00000196. The third-order valence-electron chi connectivity index (χ3n) is 5.53. The van der Waals surface area contributed by atoms with Gasteiger partial charge < -0.3 is 9.55 Å². The molecule has 1 aliphatic heterocycles. The quantitative estimate of drug-likeness (QED) is 0.737. The molecule has 0 amide bonds. The number of hydrogen-bond acceptors (Lipinski definition) is 2. The first kappa shape index (κ1) is 19.5. The molecule has 2 aromatic rings. The second-order valence-corrected chi connectivity index (χ2v) is 7.60. The van der Waals surface area contributed by atoms with E-state index >= 15 is 0 Å². The lowest BCUT2D eigenvalue weighted by Gasteiger charge is -2.30. The van der Waals surface area contributed by atoms with E-state index in [-0.39, 0.29) is 18.4 Å². The molecule has 0 saturated carbocycles. The van der Waals surface area contributed by atoms with Gasteiger partial charge in [-0.2, -0.15) is 0 Å². The van der Waals surface area contributed by atoms with E-state index in [1.54, 1.807) is 0 Å². The van der Waals surface area contributed by atoms with E-state index in [0.717, 1.165) is 37.7 Å². The smallest absolute Gasteiger partial charge is 0.177 e. The van der Waals surface area contributed by atoms with Gasteiger partial charge in [0.2, 0.25) is 0 Å². The van der Waals surface area contributed by atoms with Gasteiger partial charge in [-0.15, -0.1) is 12.4 Å². The van der Waals surface area contributed by atoms with E-state index in [9.17, 15) is 8.78 Å². The molecule has 0 unspecified atom stereocenters.